The summed E-state index contributed by atoms with van der Waals surface area (Å²) >= 11 is 0. The molecule has 4 rings (SSSR count). The molecule has 0 fully saturated rings. The second-order valence-electron chi connectivity index (χ2n) is 6.96. The number of anilines is 2. The second-order valence-corrected chi connectivity index (χ2v) is 6.96. The minimum Gasteiger partial charge on any atom is -0.326 e. The van der Waals surface area contributed by atoms with E-state index in [4.69, 9.17) is 0 Å². The van der Waals surface area contributed by atoms with Crippen molar-refractivity contribution in [3.05, 3.63) is 65.9 Å². The van der Waals surface area contributed by atoms with Gasteiger partial charge in [0.15, 0.2) is 0 Å². The molecule has 1 atom stereocenters. The van der Waals surface area contributed by atoms with E-state index >= 15 is 0 Å². The van der Waals surface area contributed by atoms with Gasteiger partial charge in [-0.25, -0.2) is 4.68 Å². The van der Waals surface area contributed by atoms with Gasteiger partial charge < -0.3 is 10.6 Å². The molecule has 0 aliphatic carbocycles. The van der Waals surface area contributed by atoms with E-state index in [9.17, 15) is 9.59 Å². The van der Waals surface area contributed by atoms with Crippen molar-refractivity contribution in [2.24, 2.45) is 0 Å². The molecule has 0 spiro atoms. The Hall–Kier alpha value is -3.41. The summed E-state index contributed by atoms with van der Waals surface area (Å²) in [7, 11) is 0. The number of aryl methyl sites for hydroxylation is 2. The summed E-state index contributed by atoms with van der Waals surface area (Å²) in [5.41, 5.74) is 4.68. The van der Waals surface area contributed by atoms with Gasteiger partial charge in [0.2, 0.25) is 5.91 Å². The van der Waals surface area contributed by atoms with Crippen molar-refractivity contribution in [1.82, 2.24) is 9.78 Å². The van der Waals surface area contributed by atoms with Gasteiger partial charge in [0.25, 0.3) is 5.91 Å². The van der Waals surface area contributed by atoms with E-state index < -0.39 is 6.04 Å². The zero-order valence-electron chi connectivity index (χ0n) is 15.9. The van der Waals surface area contributed by atoms with Gasteiger partial charge in [-0.2, -0.15) is 5.10 Å². The number of nitrogens with zero attached hydrogens (tertiary/aromatic N) is 2. The van der Waals surface area contributed by atoms with E-state index in [0.29, 0.717) is 11.5 Å². The number of amides is 2. The highest BCUT2D eigenvalue weighted by molar-refractivity contribution is 6.04. The van der Waals surface area contributed by atoms with Crippen LogP contribution >= 0.6 is 0 Å². The molecule has 0 radical (unpaired) electrons. The van der Waals surface area contributed by atoms with Gasteiger partial charge >= 0.3 is 0 Å². The molecule has 0 saturated heterocycles. The Kier molecular flexibility index (Phi) is 4.69. The Morgan fingerprint density at radius 2 is 1.86 bits per heavy atom. The molecule has 6 nitrogen and oxygen atoms in total. The number of nitrogens with one attached hydrogen (secondary N) is 2. The first kappa shape index (κ1) is 18.0. The standard InChI is InChI=1S/C22H22N4O2/c1-3-17-20(15-7-5-4-6-8-15)21-24-22(28)18(26(21)25-17)13-19(27)23-16-11-9-14(2)10-12-16/h4-12,18H,3,13H2,1-2H3,(H,23,27)(H,24,28). The van der Waals surface area contributed by atoms with Gasteiger partial charge in [0.05, 0.1) is 12.1 Å². The van der Waals surface area contributed by atoms with Gasteiger partial charge in [-0.15, -0.1) is 0 Å². The molecule has 0 bridgehead atoms. The molecular formula is C22H22N4O2. The van der Waals surface area contributed by atoms with Crippen LogP contribution in [0.15, 0.2) is 54.6 Å². The maximum absolute atomic E-state index is 12.6. The van der Waals surface area contributed by atoms with Crippen molar-refractivity contribution in [1.29, 1.82) is 0 Å². The normalized spacial score (nSPS) is 15.2. The van der Waals surface area contributed by atoms with Crippen molar-refractivity contribution in [3.8, 4) is 11.1 Å². The molecule has 3 aromatic rings. The Morgan fingerprint density at radius 1 is 1.14 bits per heavy atom. The zero-order chi connectivity index (χ0) is 19.7. The summed E-state index contributed by atoms with van der Waals surface area (Å²) < 4.78 is 1.66. The molecule has 2 heterocycles. The first-order valence-corrected chi connectivity index (χ1v) is 9.41. The molecule has 1 aromatic heterocycles. The minimum absolute atomic E-state index is 0.0335. The topological polar surface area (TPSA) is 76.0 Å². The van der Waals surface area contributed by atoms with Gasteiger partial charge in [-0.3, -0.25) is 9.59 Å². The lowest BCUT2D eigenvalue weighted by molar-refractivity contribution is -0.123. The van der Waals surface area contributed by atoms with Crippen LogP contribution < -0.4 is 10.6 Å². The summed E-state index contributed by atoms with van der Waals surface area (Å²) in [6.45, 7) is 4.02. The van der Waals surface area contributed by atoms with Gasteiger partial charge in [0.1, 0.15) is 11.9 Å². The van der Waals surface area contributed by atoms with Crippen molar-refractivity contribution in [2.75, 3.05) is 10.6 Å². The summed E-state index contributed by atoms with van der Waals surface area (Å²) in [6, 6.07) is 16.8. The molecule has 1 aliphatic heterocycles. The number of carbonyl (C=O) groups excluding carboxylic acids is 2. The number of fused-ring (bicyclic) bond motifs is 1. The van der Waals surface area contributed by atoms with Crippen LogP contribution in [0, 0.1) is 6.92 Å². The van der Waals surface area contributed by atoms with Gasteiger partial charge in [-0.1, -0.05) is 55.0 Å². The van der Waals surface area contributed by atoms with Crippen LogP contribution in [0.3, 0.4) is 0 Å². The highest BCUT2D eigenvalue weighted by Gasteiger charge is 2.36. The van der Waals surface area contributed by atoms with E-state index in [1.165, 1.54) is 0 Å². The molecule has 142 valence electrons. The van der Waals surface area contributed by atoms with Gasteiger partial charge in [0, 0.05) is 11.3 Å². The fourth-order valence-corrected chi connectivity index (χ4v) is 3.50. The first-order chi connectivity index (χ1) is 13.6. The Morgan fingerprint density at radius 3 is 2.54 bits per heavy atom. The summed E-state index contributed by atoms with van der Waals surface area (Å²) in [4.78, 5) is 25.1. The zero-order valence-corrected chi connectivity index (χ0v) is 15.9. The number of aromatic nitrogens is 2. The highest BCUT2D eigenvalue weighted by Crippen LogP contribution is 2.38. The second kappa shape index (κ2) is 7.31. The first-order valence-electron chi connectivity index (χ1n) is 9.41. The molecule has 6 heteroatoms. The van der Waals surface area contributed by atoms with Crippen molar-refractivity contribution >= 4 is 23.3 Å². The number of benzene rings is 2. The van der Waals surface area contributed by atoms with Crippen LogP contribution in [0.25, 0.3) is 11.1 Å². The molecule has 1 unspecified atom stereocenters. The molecule has 1 aliphatic rings. The Labute approximate surface area is 163 Å². The highest BCUT2D eigenvalue weighted by atomic mass is 16.2. The molecule has 2 aromatic carbocycles. The SMILES string of the molecule is CCc1nn2c(c1-c1ccccc1)NC(=O)C2CC(=O)Nc1ccc(C)cc1. The lowest BCUT2D eigenvalue weighted by Gasteiger charge is -2.10. The third kappa shape index (κ3) is 3.29. The van der Waals surface area contributed by atoms with Crippen LogP contribution in [0.2, 0.25) is 0 Å². The number of hydrogen-bond donors (Lipinski definition) is 2. The largest absolute Gasteiger partial charge is 0.326 e. The lowest BCUT2D eigenvalue weighted by Crippen LogP contribution is -2.23. The number of carbonyl (C=O) groups is 2. The van der Waals surface area contributed by atoms with E-state index in [1.807, 2.05) is 68.4 Å². The van der Waals surface area contributed by atoms with Crippen molar-refractivity contribution < 1.29 is 9.59 Å². The van der Waals surface area contributed by atoms with Crippen LogP contribution in [0.4, 0.5) is 11.5 Å². The van der Waals surface area contributed by atoms with Crippen molar-refractivity contribution in [3.63, 3.8) is 0 Å². The molecule has 0 saturated carbocycles. The van der Waals surface area contributed by atoms with E-state index in [1.54, 1.807) is 4.68 Å². The fraction of sp³-hybridized carbons (Fsp3) is 0.227. The third-order valence-corrected chi connectivity index (χ3v) is 4.93. The van der Waals surface area contributed by atoms with Crippen LogP contribution in [-0.2, 0) is 16.0 Å². The van der Waals surface area contributed by atoms with Crippen LogP contribution in [0.1, 0.15) is 30.6 Å². The van der Waals surface area contributed by atoms with Crippen molar-refractivity contribution in [2.45, 2.75) is 32.7 Å². The van der Waals surface area contributed by atoms with Gasteiger partial charge in [-0.05, 0) is 31.0 Å². The summed E-state index contributed by atoms with van der Waals surface area (Å²) in [5.74, 6) is 0.245. The van der Waals surface area contributed by atoms with E-state index in [0.717, 1.165) is 28.8 Å². The maximum Gasteiger partial charge on any atom is 0.251 e. The molecular weight excluding hydrogens is 352 g/mol. The van der Waals surface area contributed by atoms with E-state index in [-0.39, 0.29) is 18.2 Å². The monoisotopic (exact) mass is 374 g/mol. The Bertz CT molecular complexity index is 1020. The minimum atomic E-state index is -0.650. The maximum atomic E-state index is 12.6. The third-order valence-electron chi connectivity index (χ3n) is 4.93. The fourth-order valence-electron chi connectivity index (χ4n) is 3.50. The smallest absolute Gasteiger partial charge is 0.251 e. The number of rotatable bonds is 5. The Balaban J connectivity index is 1.59. The predicted octanol–water partition coefficient (Wildman–Crippen LogP) is 3.94. The van der Waals surface area contributed by atoms with E-state index in [2.05, 4.69) is 15.7 Å². The summed E-state index contributed by atoms with van der Waals surface area (Å²) in [6.07, 6.45) is 0.772. The average Bonchev–Trinajstić information content (AvgIpc) is 3.20. The molecule has 2 amide bonds. The lowest BCUT2D eigenvalue weighted by atomic mass is 10.0. The average molecular weight is 374 g/mol. The summed E-state index contributed by atoms with van der Waals surface area (Å²) in [5, 5.41) is 10.4. The predicted molar refractivity (Wildman–Crippen MR) is 109 cm³/mol. The molecule has 28 heavy (non-hydrogen) atoms. The van der Waals surface area contributed by atoms with Crippen LogP contribution in [-0.4, -0.2) is 21.6 Å². The molecule has 2 N–H and O–H groups in total. The van der Waals surface area contributed by atoms with Crippen LogP contribution in [0.5, 0.6) is 0 Å². The number of hydrogen-bond acceptors (Lipinski definition) is 3. The quantitative estimate of drug-likeness (QED) is 0.710.